The van der Waals surface area contributed by atoms with Gasteiger partial charge in [0.25, 0.3) is 0 Å². The summed E-state index contributed by atoms with van der Waals surface area (Å²) in [7, 11) is 0. The minimum absolute atomic E-state index is 0.158. The molecule has 1 amide bonds. The number of benzene rings is 1. The SMILES string of the molecule is CCc1cc(C(=O)c2nc3ccc(Cl)cc3s2)c(NC(=O)CSCC=O)s1. The van der Waals surface area contributed by atoms with E-state index in [9.17, 15) is 14.4 Å². The maximum absolute atomic E-state index is 13.0. The third-order valence-electron chi connectivity index (χ3n) is 3.59. The number of carbonyl (C=O) groups excluding carboxylic acids is 3. The van der Waals surface area contributed by atoms with Crippen molar-refractivity contribution >= 4 is 79.2 Å². The lowest BCUT2D eigenvalue weighted by Crippen LogP contribution is -2.15. The molecule has 0 saturated carbocycles. The molecule has 1 N–H and O–H groups in total. The Morgan fingerprint density at radius 1 is 1.30 bits per heavy atom. The fraction of sp³-hybridized carbons (Fsp3) is 0.222. The van der Waals surface area contributed by atoms with E-state index in [1.807, 2.05) is 6.92 Å². The van der Waals surface area contributed by atoms with Crippen LogP contribution in [0, 0.1) is 0 Å². The normalized spacial score (nSPS) is 10.9. The Labute approximate surface area is 173 Å². The number of nitrogens with zero attached hydrogens (tertiary/aromatic N) is 1. The van der Waals surface area contributed by atoms with Crippen molar-refractivity contribution < 1.29 is 14.4 Å². The molecule has 2 heterocycles. The summed E-state index contributed by atoms with van der Waals surface area (Å²) < 4.78 is 0.840. The number of amides is 1. The Balaban J connectivity index is 1.87. The van der Waals surface area contributed by atoms with Gasteiger partial charge in [0.1, 0.15) is 11.3 Å². The fourth-order valence-corrected chi connectivity index (χ4v) is 5.03. The van der Waals surface area contributed by atoms with E-state index in [4.69, 9.17) is 11.6 Å². The fourth-order valence-electron chi connectivity index (χ4n) is 2.35. The Morgan fingerprint density at radius 3 is 2.85 bits per heavy atom. The van der Waals surface area contributed by atoms with Crippen LogP contribution < -0.4 is 5.32 Å². The largest absolute Gasteiger partial charge is 0.316 e. The van der Waals surface area contributed by atoms with E-state index >= 15 is 0 Å². The number of carbonyl (C=O) groups is 3. The van der Waals surface area contributed by atoms with Crippen molar-refractivity contribution in [1.82, 2.24) is 4.98 Å². The van der Waals surface area contributed by atoms with Crippen molar-refractivity contribution in [2.45, 2.75) is 13.3 Å². The summed E-state index contributed by atoms with van der Waals surface area (Å²) in [5, 5.41) is 4.27. The van der Waals surface area contributed by atoms with Crippen LogP contribution in [0.4, 0.5) is 5.00 Å². The van der Waals surface area contributed by atoms with Gasteiger partial charge in [-0.3, -0.25) is 9.59 Å². The summed E-state index contributed by atoms with van der Waals surface area (Å²) in [6, 6.07) is 7.10. The summed E-state index contributed by atoms with van der Waals surface area (Å²) >= 11 is 9.89. The van der Waals surface area contributed by atoms with E-state index in [1.54, 1.807) is 24.3 Å². The number of fused-ring (bicyclic) bond motifs is 1. The molecule has 0 aliphatic heterocycles. The molecule has 0 aliphatic rings. The zero-order valence-electron chi connectivity index (χ0n) is 14.3. The smallest absolute Gasteiger partial charge is 0.235 e. The van der Waals surface area contributed by atoms with E-state index in [-0.39, 0.29) is 23.2 Å². The minimum atomic E-state index is -0.239. The molecular formula is C18H15ClN2O3S3. The number of aldehydes is 1. The molecule has 0 bridgehead atoms. The van der Waals surface area contributed by atoms with Crippen LogP contribution >= 0.6 is 46.0 Å². The molecule has 0 atom stereocenters. The molecule has 2 aromatic heterocycles. The monoisotopic (exact) mass is 438 g/mol. The van der Waals surface area contributed by atoms with Gasteiger partial charge in [-0.05, 0) is 30.7 Å². The van der Waals surface area contributed by atoms with E-state index in [2.05, 4.69) is 10.3 Å². The van der Waals surface area contributed by atoms with Crippen LogP contribution in [0.25, 0.3) is 10.2 Å². The van der Waals surface area contributed by atoms with Gasteiger partial charge in [-0.2, -0.15) is 0 Å². The number of anilines is 1. The summed E-state index contributed by atoms with van der Waals surface area (Å²) in [6.45, 7) is 1.99. The van der Waals surface area contributed by atoms with Crippen LogP contribution in [0.1, 0.15) is 27.2 Å². The number of aromatic nitrogens is 1. The Kier molecular flexibility index (Phi) is 6.64. The van der Waals surface area contributed by atoms with Gasteiger partial charge in [-0.25, -0.2) is 4.98 Å². The van der Waals surface area contributed by atoms with Crippen LogP contribution in [-0.4, -0.2) is 34.5 Å². The second-order valence-electron chi connectivity index (χ2n) is 5.50. The van der Waals surface area contributed by atoms with E-state index < -0.39 is 0 Å². The number of hydrogen-bond donors (Lipinski definition) is 1. The number of thiophene rings is 1. The number of hydrogen-bond acceptors (Lipinski definition) is 7. The summed E-state index contributed by atoms with van der Waals surface area (Å²) in [6.07, 6.45) is 1.52. The van der Waals surface area contributed by atoms with Gasteiger partial charge in [0.15, 0.2) is 5.01 Å². The highest BCUT2D eigenvalue weighted by atomic mass is 35.5. The molecule has 1 aromatic carbocycles. The molecule has 0 unspecified atom stereocenters. The topological polar surface area (TPSA) is 76.1 Å². The van der Waals surface area contributed by atoms with E-state index in [1.165, 1.54) is 34.4 Å². The molecule has 3 rings (SSSR count). The first-order valence-corrected chi connectivity index (χ1v) is 11.2. The highest BCUT2D eigenvalue weighted by Gasteiger charge is 2.22. The van der Waals surface area contributed by atoms with E-state index in [0.717, 1.165) is 27.8 Å². The third-order valence-corrected chi connectivity index (χ3v) is 6.88. The van der Waals surface area contributed by atoms with Gasteiger partial charge in [-0.15, -0.1) is 34.4 Å². The zero-order valence-corrected chi connectivity index (χ0v) is 17.5. The van der Waals surface area contributed by atoms with Crippen LogP contribution in [0.2, 0.25) is 5.02 Å². The first kappa shape index (κ1) is 20.0. The quantitative estimate of drug-likeness (QED) is 0.314. The average molecular weight is 439 g/mol. The number of rotatable bonds is 8. The molecule has 140 valence electrons. The number of aryl methyl sites for hydroxylation is 1. The Hall–Kier alpha value is -1.74. The average Bonchev–Trinajstić information content (AvgIpc) is 3.24. The third kappa shape index (κ3) is 4.76. The van der Waals surface area contributed by atoms with Crippen molar-refractivity contribution in [1.29, 1.82) is 0 Å². The predicted molar refractivity (Wildman–Crippen MR) is 114 cm³/mol. The standard InChI is InChI=1S/C18H15ClN2O3S3/c1-2-11-8-12(17(26-11)21-15(23)9-25-6-5-22)16(24)18-20-13-4-3-10(19)7-14(13)27-18/h3-5,7-8H,2,6,9H2,1H3,(H,21,23). The number of thioether (sulfide) groups is 1. The highest BCUT2D eigenvalue weighted by molar-refractivity contribution is 8.00. The predicted octanol–water partition coefficient (Wildman–Crippen LogP) is 4.68. The van der Waals surface area contributed by atoms with Gasteiger partial charge in [-0.1, -0.05) is 18.5 Å². The van der Waals surface area contributed by atoms with Crippen LogP contribution in [0.15, 0.2) is 24.3 Å². The number of thiazole rings is 1. The van der Waals surface area contributed by atoms with Gasteiger partial charge in [0.2, 0.25) is 11.7 Å². The maximum Gasteiger partial charge on any atom is 0.235 e. The lowest BCUT2D eigenvalue weighted by molar-refractivity contribution is -0.113. The molecule has 0 aliphatic carbocycles. The number of halogens is 1. The number of ketones is 1. The summed E-state index contributed by atoms with van der Waals surface area (Å²) in [4.78, 5) is 40.9. The first-order valence-electron chi connectivity index (χ1n) is 8.06. The summed E-state index contributed by atoms with van der Waals surface area (Å²) in [5.41, 5.74) is 1.16. The van der Waals surface area contributed by atoms with Gasteiger partial charge in [0, 0.05) is 15.7 Å². The van der Waals surface area contributed by atoms with Crippen molar-refractivity contribution in [3.8, 4) is 0 Å². The lowest BCUT2D eigenvalue weighted by atomic mass is 10.2. The Morgan fingerprint density at radius 2 is 2.11 bits per heavy atom. The molecule has 0 spiro atoms. The molecular weight excluding hydrogens is 424 g/mol. The molecule has 0 radical (unpaired) electrons. The van der Waals surface area contributed by atoms with Crippen LogP contribution in [0.3, 0.4) is 0 Å². The number of nitrogens with one attached hydrogen (secondary N) is 1. The Bertz CT molecular complexity index is 1010. The molecule has 9 heteroatoms. The second kappa shape index (κ2) is 8.97. The van der Waals surface area contributed by atoms with Gasteiger partial charge in [0.05, 0.1) is 21.5 Å². The zero-order chi connectivity index (χ0) is 19.4. The molecule has 27 heavy (non-hydrogen) atoms. The highest BCUT2D eigenvalue weighted by Crippen LogP contribution is 2.33. The molecule has 0 fully saturated rings. The van der Waals surface area contributed by atoms with Gasteiger partial charge >= 0.3 is 0 Å². The summed E-state index contributed by atoms with van der Waals surface area (Å²) in [5.74, 6) is -0.0423. The van der Waals surface area contributed by atoms with Crippen LogP contribution in [-0.2, 0) is 16.0 Å². The molecule has 5 nitrogen and oxygen atoms in total. The second-order valence-corrected chi connectivity index (χ2v) is 9.13. The molecule has 3 aromatic rings. The van der Waals surface area contributed by atoms with Crippen molar-refractivity contribution in [3.05, 3.63) is 44.7 Å². The molecule has 0 saturated heterocycles. The van der Waals surface area contributed by atoms with E-state index in [0.29, 0.717) is 20.6 Å². The minimum Gasteiger partial charge on any atom is -0.316 e. The van der Waals surface area contributed by atoms with Crippen molar-refractivity contribution in [3.63, 3.8) is 0 Å². The van der Waals surface area contributed by atoms with Gasteiger partial charge < -0.3 is 10.1 Å². The van der Waals surface area contributed by atoms with Crippen LogP contribution in [0.5, 0.6) is 0 Å². The van der Waals surface area contributed by atoms with Crippen molar-refractivity contribution in [2.75, 3.05) is 16.8 Å². The lowest BCUT2D eigenvalue weighted by Gasteiger charge is -2.04. The maximum atomic E-state index is 13.0. The first-order chi connectivity index (χ1) is 13.0. The van der Waals surface area contributed by atoms with Crippen molar-refractivity contribution in [2.24, 2.45) is 0 Å².